The van der Waals surface area contributed by atoms with E-state index in [0.717, 1.165) is 58.2 Å². The molecule has 1 N–H and O–H groups in total. The Morgan fingerprint density at radius 1 is 1.32 bits per heavy atom. The van der Waals surface area contributed by atoms with E-state index >= 15 is 0 Å². The van der Waals surface area contributed by atoms with Gasteiger partial charge in [0.2, 0.25) is 0 Å². The van der Waals surface area contributed by atoms with Gasteiger partial charge in [-0.2, -0.15) is 0 Å². The number of hydrogen-bond acceptors (Lipinski definition) is 4. The molecule has 0 spiro atoms. The van der Waals surface area contributed by atoms with Crippen LogP contribution in [0.1, 0.15) is 51.9 Å². The smallest absolute Gasteiger partial charge is 0.310 e. The Morgan fingerprint density at radius 3 is 2.74 bits per heavy atom. The fourth-order valence-electron chi connectivity index (χ4n) is 3.44. The van der Waals surface area contributed by atoms with Gasteiger partial charge in [-0.25, -0.2) is 0 Å². The molecule has 1 unspecified atom stereocenters. The number of β-amino-alcohol motifs (C(OH)–C–C–N with tert-alkyl or cyclic N) is 1. The van der Waals surface area contributed by atoms with E-state index in [-0.39, 0.29) is 11.9 Å². The largest absolute Gasteiger partial charge is 0.466 e. The van der Waals surface area contributed by atoms with E-state index in [0.29, 0.717) is 6.61 Å². The monoisotopic (exact) mass is 269 g/mol. The predicted molar refractivity (Wildman–Crippen MR) is 73.8 cm³/mol. The van der Waals surface area contributed by atoms with Crippen LogP contribution in [0.15, 0.2) is 0 Å². The van der Waals surface area contributed by atoms with Gasteiger partial charge in [0.15, 0.2) is 0 Å². The lowest BCUT2D eigenvalue weighted by atomic mass is 9.84. The number of hydrogen-bond donors (Lipinski definition) is 1. The van der Waals surface area contributed by atoms with Gasteiger partial charge in [0.25, 0.3) is 0 Å². The van der Waals surface area contributed by atoms with Crippen molar-refractivity contribution in [2.24, 2.45) is 5.92 Å². The van der Waals surface area contributed by atoms with Crippen LogP contribution >= 0.6 is 0 Å². The van der Waals surface area contributed by atoms with E-state index < -0.39 is 5.60 Å². The Hall–Kier alpha value is -0.610. The zero-order valence-electron chi connectivity index (χ0n) is 12.1. The van der Waals surface area contributed by atoms with Gasteiger partial charge in [-0.05, 0) is 39.2 Å². The Kier molecular flexibility index (Phi) is 5.22. The third kappa shape index (κ3) is 4.18. The molecule has 0 aromatic rings. The van der Waals surface area contributed by atoms with Crippen molar-refractivity contribution in [1.29, 1.82) is 0 Å². The molecule has 1 saturated heterocycles. The third-order valence-corrected chi connectivity index (χ3v) is 4.43. The molecule has 0 amide bonds. The number of rotatable bonds is 4. The lowest BCUT2D eigenvalue weighted by molar-refractivity contribution is -0.150. The highest BCUT2D eigenvalue weighted by molar-refractivity contribution is 5.72. The average Bonchev–Trinajstić information content (AvgIpc) is 2.39. The van der Waals surface area contributed by atoms with Crippen LogP contribution in [0.5, 0.6) is 0 Å². The summed E-state index contributed by atoms with van der Waals surface area (Å²) < 4.78 is 5.12. The molecule has 4 nitrogen and oxygen atoms in total. The highest BCUT2D eigenvalue weighted by Crippen LogP contribution is 2.30. The number of likely N-dealkylation sites (tertiary alicyclic amines) is 1. The molecule has 2 rings (SSSR count). The van der Waals surface area contributed by atoms with E-state index in [4.69, 9.17) is 4.74 Å². The van der Waals surface area contributed by atoms with Crippen molar-refractivity contribution in [3.8, 4) is 0 Å². The first-order valence-electron chi connectivity index (χ1n) is 7.74. The Bertz CT molecular complexity index is 300. The minimum atomic E-state index is -0.519. The molecular formula is C15H27NO3. The Balaban J connectivity index is 1.85. The third-order valence-electron chi connectivity index (χ3n) is 4.43. The fourth-order valence-corrected chi connectivity index (χ4v) is 3.44. The molecule has 1 aliphatic heterocycles. The van der Waals surface area contributed by atoms with Crippen molar-refractivity contribution < 1.29 is 14.6 Å². The second-order valence-electron chi connectivity index (χ2n) is 6.11. The van der Waals surface area contributed by atoms with Crippen molar-refractivity contribution in [2.45, 2.75) is 57.5 Å². The number of aliphatic hydroxyl groups is 1. The molecule has 4 heteroatoms. The normalized spacial score (nSPS) is 28.0. The number of nitrogens with zero attached hydrogens (tertiary/aromatic N) is 1. The molecule has 19 heavy (non-hydrogen) atoms. The molecule has 2 fully saturated rings. The van der Waals surface area contributed by atoms with Crippen molar-refractivity contribution in [3.63, 3.8) is 0 Å². The molecular weight excluding hydrogens is 242 g/mol. The molecule has 1 atom stereocenters. The maximum Gasteiger partial charge on any atom is 0.310 e. The van der Waals surface area contributed by atoms with Gasteiger partial charge in [-0.15, -0.1) is 0 Å². The minimum Gasteiger partial charge on any atom is -0.466 e. The van der Waals surface area contributed by atoms with E-state index in [9.17, 15) is 9.90 Å². The van der Waals surface area contributed by atoms with E-state index in [1.54, 1.807) is 0 Å². The van der Waals surface area contributed by atoms with Gasteiger partial charge in [-0.3, -0.25) is 9.69 Å². The van der Waals surface area contributed by atoms with Crippen molar-refractivity contribution in [1.82, 2.24) is 4.90 Å². The van der Waals surface area contributed by atoms with Crippen LogP contribution in [0.25, 0.3) is 0 Å². The van der Waals surface area contributed by atoms with Crippen LogP contribution in [0.4, 0.5) is 0 Å². The number of carbonyl (C=O) groups excluding carboxylic acids is 1. The summed E-state index contributed by atoms with van der Waals surface area (Å²) in [6, 6.07) is 0. The fraction of sp³-hybridized carbons (Fsp3) is 0.933. The van der Waals surface area contributed by atoms with Gasteiger partial charge < -0.3 is 9.84 Å². The van der Waals surface area contributed by atoms with E-state index in [1.807, 2.05) is 6.92 Å². The van der Waals surface area contributed by atoms with Crippen LogP contribution in [0.3, 0.4) is 0 Å². The number of ether oxygens (including phenoxy) is 1. The number of piperidine rings is 1. The van der Waals surface area contributed by atoms with Crippen LogP contribution < -0.4 is 0 Å². The maximum absolute atomic E-state index is 11.8. The standard InChI is InChI=1S/C15H27NO3/c1-2-19-14(17)13-7-6-10-16(11-13)12-15(18)8-4-3-5-9-15/h13,18H,2-12H2,1H3. The van der Waals surface area contributed by atoms with Gasteiger partial charge in [0, 0.05) is 13.1 Å². The SMILES string of the molecule is CCOC(=O)C1CCCN(CC2(O)CCCCC2)C1. The highest BCUT2D eigenvalue weighted by Gasteiger charge is 2.34. The van der Waals surface area contributed by atoms with Crippen LogP contribution in [0.2, 0.25) is 0 Å². The zero-order chi connectivity index (χ0) is 13.7. The van der Waals surface area contributed by atoms with Gasteiger partial charge in [0.1, 0.15) is 0 Å². The summed E-state index contributed by atoms with van der Waals surface area (Å²) in [5, 5.41) is 10.6. The van der Waals surface area contributed by atoms with Gasteiger partial charge >= 0.3 is 5.97 Å². The first-order valence-corrected chi connectivity index (χ1v) is 7.74. The second kappa shape index (κ2) is 6.71. The highest BCUT2D eigenvalue weighted by atomic mass is 16.5. The molecule has 110 valence electrons. The predicted octanol–water partition coefficient (Wildman–Crippen LogP) is 1.96. The topological polar surface area (TPSA) is 49.8 Å². The molecule has 0 aromatic heterocycles. The first-order chi connectivity index (χ1) is 9.13. The molecule has 0 radical (unpaired) electrons. The van der Waals surface area contributed by atoms with Crippen molar-refractivity contribution in [3.05, 3.63) is 0 Å². The van der Waals surface area contributed by atoms with Crippen LogP contribution in [-0.2, 0) is 9.53 Å². The molecule has 1 saturated carbocycles. The summed E-state index contributed by atoms with van der Waals surface area (Å²) in [6.45, 7) is 4.78. The summed E-state index contributed by atoms with van der Waals surface area (Å²) in [5.41, 5.74) is -0.519. The molecule has 0 bridgehead atoms. The zero-order valence-corrected chi connectivity index (χ0v) is 12.1. The van der Waals surface area contributed by atoms with Crippen LogP contribution in [-0.4, -0.2) is 47.8 Å². The Labute approximate surface area is 116 Å². The number of carbonyl (C=O) groups is 1. The summed E-state index contributed by atoms with van der Waals surface area (Å²) in [5.74, 6) is -0.0660. The number of esters is 1. The quantitative estimate of drug-likeness (QED) is 0.793. The molecule has 0 aromatic carbocycles. The van der Waals surface area contributed by atoms with E-state index in [2.05, 4.69) is 4.90 Å². The van der Waals surface area contributed by atoms with E-state index in [1.165, 1.54) is 6.42 Å². The lowest BCUT2D eigenvalue weighted by Gasteiger charge is -2.40. The summed E-state index contributed by atoms with van der Waals surface area (Å²) >= 11 is 0. The second-order valence-corrected chi connectivity index (χ2v) is 6.11. The first kappa shape index (κ1) is 14.8. The summed E-state index contributed by atoms with van der Waals surface area (Å²) in [7, 11) is 0. The maximum atomic E-state index is 11.8. The Morgan fingerprint density at radius 2 is 2.05 bits per heavy atom. The van der Waals surface area contributed by atoms with Crippen LogP contribution in [0, 0.1) is 5.92 Å². The average molecular weight is 269 g/mol. The molecule has 2 aliphatic rings. The van der Waals surface area contributed by atoms with Gasteiger partial charge in [-0.1, -0.05) is 19.3 Å². The summed E-state index contributed by atoms with van der Waals surface area (Å²) in [6.07, 6.45) is 7.28. The summed E-state index contributed by atoms with van der Waals surface area (Å²) in [4.78, 5) is 14.1. The van der Waals surface area contributed by atoms with Crippen molar-refractivity contribution in [2.75, 3.05) is 26.2 Å². The minimum absolute atomic E-state index is 0.000825. The van der Waals surface area contributed by atoms with Crippen molar-refractivity contribution >= 4 is 5.97 Å². The molecule has 1 heterocycles. The van der Waals surface area contributed by atoms with Gasteiger partial charge in [0.05, 0.1) is 18.1 Å². The molecule has 1 aliphatic carbocycles. The lowest BCUT2D eigenvalue weighted by Crippen LogP contribution is -2.49.